The van der Waals surface area contributed by atoms with Gasteiger partial charge in [-0.1, -0.05) is 19.9 Å². The Hall–Kier alpha value is -1.18. The second kappa shape index (κ2) is 4.17. The third-order valence-corrected chi connectivity index (χ3v) is 2.08. The van der Waals surface area contributed by atoms with E-state index < -0.39 is 0 Å². The third kappa shape index (κ3) is 2.65. The zero-order chi connectivity index (χ0) is 9.84. The molecule has 2 heteroatoms. The fraction of sp³-hybridized carbons (Fsp3) is 0.455. The average Bonchev–Trinajstić information content (AvgIpc) is 2.07. The van der Waals surface area contributed by atoms with E-state index in [1.54, 1.807) is 0 Å². The minimum Gasteiger partial charge on any atom is -0.398 e. The van der Waals surface area contributed by atoms with Gasteiger partial charge in [-0.3, -0.25) is 0 Å². The average molecular weight is 178 g/mol. The van der Waals surface area contributed by atoms with E-state index in [-0.39, 0.29) is 0 Å². The summed E-state index contributed by atoms with van der Waals surface area (Å²) >= 11 is 0. The summed E-state index contributed by atoms with van der Waals surface area (Å²) in [6, 6.07) is 5.97. The Bertz CT molecular complexity index is 279. The van der Waals surface area contributed by atoms with Gasteiger partial charge in [0.05, 0.1) is 0 Å². The van der Waals surface area contributed by atoms with Crippen LogP contribution in [0.5, 0.6) is 0 Å². The van der Waals surface area contributed by atoms with Crippen molar-refractivity contribution in [2.24, 2.45) is 5.92 Å². The highest BCUT2D eigenvalue weighted by Gasteiger charge is 2.00. The van der Waals surface area contributed by atoms with Gasteiger partial charge in [0.1, 0.15) is 0 Å². The van der Waals surface area contributed by atoms with Gasteiger partial charge in [-0.25, -0.2) is 0 Å². The zero-order valence-electron chi connectivity index (χ0n) is 8.59. The molecule has 0 bridgehead atoms. The Balaban J connectivity index is 2.71. The van der Waals surface area contributed by atoms with Crippen LogP contribution in [-0.4, -0.2) is 6.54 Å². The molecule has 1 rings (SSSR count). The van der Waals surface area contributed by atoms with Crippen molar-refractivity contribution >= 4 is 11.4 Å². The van der Waals surface area contributed by atoms with Crippen LogP contribution in [0.25, 0.3) is 0 Å². The zero-order valence-corrected chi connectivity index (χ0v) is 8.59. The number of nitrogens with two attached hydrogens (primary N) is 1. The minimum atomic E-state index is 0.654. The van der Waals surface area contributed by atoms with Crippen molar-refractivity contribution in [3.63, 3.8) is 0 Å². The van der Waals surface area contributed by atoms with Crippen molar-refractivity contribution in [3.8, 4) is 0 Å². The molecule has 0 spiro atoms. The molecule has 0 aliphatic heterocycles. The Labute approximate surface area is 80.1 Å². The maximum Gasteiger partial charge on any atom is 0.0390 e. The third-order valence-electron chi connectivity index (χ3n) is 2.08. The van der Waals surface area contributed by atoms with Crippen LogP contribution in [0.15, 0.2) is 18.2 Å². The maximum atomic E-state index is 5.79. The minimum absolute atomic E-state index is 0.654. The molecule has 0 unspecified atom stereocenters. The van der Waals surface area contributed by atoms with Crippen molar-refractivity contribution in [1.82, 2.24) is 0 Å². The van der Waals surface area contributed by atoms with E-state index in [0.29, 0.717) is 5.92 Å². The number of rotatable bonds is 3. The number of nitrogens with one attached hydrogen (secondary N) is 1. The number of hydrogen-bond donors (Lipinski definition) is 2. The van der Waals surface area contributed by atoms with E-state index in [9.17, 15) is 0 Å². The standard InChI is InChI=1S/C11H18N2/c1-8(2)7-13-11-6-4-5-10(12)9(11)3/h4-6,8,13H,7,12H2,1-3H3. The van der Waals surface area contributed by atoms with Crippen molar-refractivity contribution in [2.45, 2.75) is 20.8 Å². The van der Waals surface area contributed by atoms with Gasteiger partial charge < -0.3 is 11.1 Å². The number of benzene rings is 1. The van der Waals surface area contributed by atoms with Gasteiger partial charge in [-0.2, -0.15) is 0 Å². The molecule has 3 N–H and O–H groups in total. The van der Waals surface area contributed by atoms with E-state index >= 15 is 0 Å². The normalized spacial score (nSPS) is 10.5. The van der Waals surface area contributed by atoms with Crippen LogP contribution < -0.4 is 11.1 Å². The molecule has 0 heterocycles. The van der Waals surface area contributed by atoms with E-state index in [1.165, 1.54) is 0 Å². The first-order valence-corrected chi connectivity index (χ1v) is 4.70. The molecule has 0 aliphatic carbocycles. The topological polar surface area (TPSA) is 38.0 Å². The molecule has 0 aromatic heterocycles. The summed E-state index contributed by atoms with van der Waals surface area (Å²) < 4.78 is 0. The molecule has 72 valence electrons. The molecule has 0 fully saturated rings. The lowest BCUT2D eigenvalue weighted by Gasteiger charge is -2.12. The molecule has 1 aromatic carbocycles. The predicted octanol–water partition coefficient (Wildman–Crippen LogP) is 2.65. The molecule has 0 saturated carbocycles. The molecule has 1 aromatic rings. The second-order valence-electron chi connectivity index (χ2n) is 3.79. The van der Waals surface area contributed by atoms with E-state index in [4.69, 9.17) is 5.73 Å². The lowest BCUT2D eigenvalue weighted by molar-refractivity contribution is 0.688. The fourth-order valence-electron chi connectivity index (χ4n) is 1.16. The summed E-state index contributed by atoms with van der Waals surface area (Å²) in [5, 5.41) is 3.37. The molecule has 0 atom stereocenters. The van der Waals surface area contributed by atoms with Crippen LogP contribution >= 0.6 is 0 Å². The number of anilines is 2. The maximum absolute atomic E-state index is 5.79. The van der Waals surface area contributed by atoms with Crippen LogP contribution in [0.2, 0.25) is 0 Å². The largest absolute Gasteiger partial charge is 0.398 e. The molecular formula is C11H18N2. The summed E-state index contributed by atoms with van der Waals surface area (Å²) in [4.78, 5) is 0. The summed E-state index contributed by atoms with van der Waals surface area (Å²) in [6.45, 7) is 7.41. The van der Waals surface area contributed by atoms with Gasteiger partial charge in [-0.15, -0.1) is 0 Å². The Kier molecular flexibility index (Phi) is 3.18. The summed E-state index contributed by atoms with van der Waals surface area (Å²) in [6.07, 6.45) is 0. The van der Waals surface area contributed by atoms with E-state index in [2.05, 4.69) is 25.2 Å². The van der Waals surface area contributed by atoms with Crippen molar-refractivity contribution in [3.05, 3.63) is 23.8 Å². The lowest BCUT2D eigenvalue weighted by atomic mass is 10.1. The lowest BCUT2D eigenvalue weighted by Crippen LogP contribution is -2.09. The SMILES string of the molecule is Cc1c(N)cccc1NCC(C)C. The van der Waals surface area contributed by atoms with Crippen LogP contribution in [0.3, 0.4) is 0 Å². The van der Waals surface area contributed by atoms with Gasteiger partial charge in [0.25, 0.3) is 0 Å². The van der Waals surface area contributed by atoms with Crippen molar-refractivity contribution in [1.29, 1.82) is 0 Å². The smallest absolute Gasteiger partial charge is 0.0390 e. The first-order chi connectivity index (χ1) is 6.11. The van der Waals surface area contributed by atoms with Gasteiger partial charge in [0, 0.05) is 17.9 Å². The second-order valence-corrected chi connectivity index (χ2v) is 3.79. The Morgan fingerprint density at radius 3 is 2.69 bits per heavy atom. The highest BCUT2D eigenvalue weighted by molar-refractivity contribution is 5.62. The van der Waals surface area contributed by atoms with Crippen LogP contribution in [0.1, 0.15) is 19.4 Å². The first-order valence-electron chi connectivity index (χ1n) is 4.70. The Morgan fingerprint density at radius 1 is 1.38 bits per heavy atom. The van der Waals surface area contributed by atoms with Crippen molar-refractivity contribution < 1.29 is 0 Å². The quantitative estimate of drug-likeness (QED) is 0.698. The van der Waals surface area contributed by atoms with E-state index in [1.807, 2.05) is 19.1 Å². The summed E-state index contributed by atoms with van der Waals surface area (Å²) in [5.74, 6) is 0.654. The number of hydrogen-bond acceptors (Lipinski definition) is 2. The molecular weight excluding hydrogens is 160 g/mol. The summed E-state index contributed by atoms with van der Waals surface area (Å²) in [5.41, 5.74) is 8.93. The molecule has 0 radical (unpaired) electrons. The van der Waals surface area contributed by atoms with Crippen LogP contribution in [0, 0.1) is 12.8 Å². The highest BCUT2D eigenvalue weighted by atomic mass is 14.9. The highest BCUT2D eigenvalue weighted by Crippen LogP contribution is 2.20. The van der Waals surface area contributed by atoms with Crippen LogP contribution in [-0.2, 0) is 0 Å². The molecule has 0 amide bonds. The monoisotopic (exact) mass is 178 g/mol. The van der Waals surface area contributed by atoms with Crippen molar-refractivity contribution in [2.75, 3.05) is 17.6 Å². The molecule has 13 heavy (non-hydrogen) atoms. The van der Waals surface area contributed by atoms with Gasteiger partial charge in [0.2, 0.25) is 0 Å². The van der Waals surface area contributed by atoms with Crippen LogP contribution in [0.4, 0.5) is 11.4 Å². The molecule has 2 nitrogen and oxygen atoms in total. The molecule has 0 saturated heterocycles. The van der Waals surface area contributed by atoms with Gasteiger partial charge in [-0.05, 0) is 30.5 Å². The number of nitrogen functional groups attached to an aromatic ring is 1. The van der Waals surface area contributed by atoms with Gasteiger partial charge >= 0.3 is 0 Å². The Morgan fingerprint density at radius 2 is 2.08 bits per heavy atom. The summed E-state index contributed by atoms with van der Waals surface area (Å²) in [7, 11) is 0. The predicted molar refractivity (Wildman–Crippen MR) is 58.9 cm³/mol. The molecule has 0 aliphatic rings. The first kappa shape index (κ1) is 9.90. The van der Waals surface area contributed by atoms with E-state index in [0.717, 1.165) is 23.5 Å². The van der Waals surface area contributed by atoms with Gasteiger partial charge in [0.15, 0.2) is 0 Å². The fourth-order valence-corrected chi connectivity index (χ4v) is 1.16.